The monoisotopic (exact) mass is 338 g/mol. The number of rotatable bonds is 8. The summed E-state index contributed by atoms with van der Waals surface area (Å²) in [4.78, 5) is 8.81. The summed E-state index contributed by atoms with van der Waals surface area (Å²) in [6.45, 7) is 1.60. The molecular formula is C20H26N4O. The van der Waals surface area contributed by atoms with E-state index >= 15 is 0 Å². The van der Waals surface area contributed by atoms with Gasteiger partial charge in [0.15, 0.2) is 0 Å². The van der Waals surface area contributed by atoms with E-state index in [1.54, 1.807) is 18.9 Å². The fourth-order valence-electron chi connectivity index (χ4n) is 2.95. The van der Waals surface area contributed by atoms with Gasteiger partial charge in [-0.05, 0) is 55.9 Å². The van der Waals surface area contributed by atoms with Gasteiger partial charge in [0.2, 0.25) is 5.95 Å². The summed E-state index contributed by atoms with van der Waals surface area (Å²) in [5.74, 6) is 2.36. The molecule has 0 bridgehead atoms. The van der Waals surface area contributed by atoms with Crippen molar-refractivity contribution in [2.24, 2.45) is 0 Å². The van der Waals surface area contributed by atoms with Crippen molar-refractivity contribution in [3.8, 4) is 5.75 Å². The average molecular weight is 338 g/mol. The van der Waals surface area contributed by atoms with Crippen molar-refractivity contribution in [1.82, 2.24) is 9.97 Å². The van der Waals surface area contributed by atoms with Gasteiger partial charge < -0.3 is 15.4 Å². The molecule has 1 aliphatic carbocycles. The van der Waals surface area contributed by atoms with Gasteiger partial charge in [-0.15, -0.1) is 0 Å². The summed E-state index contributed by atoms with van der Waals surface area (Å²) in [7, 11) is 1.67. The molecule has 3 rings (SSSR count). The van der Waals surface area contributed by atoms with Crippen LogP contribution in [-0.4, -0.2) is 23.6 Å². The Bertz CT molecular complexity index is 697. The number of benzene rings is 1. The van der Waals surface area contributed by atoms with Gasteiger partial charge in [0.05, 0.1) is 7.11 Å². The Morgan fingerprint density at radius 1 is 1.08 bits per heavy atom. The molecular weight excluding hydrogens is 312 g/mol. The maximum Gasteiger partial charge on any atom is 0.224 e. The number of aromatic nitrogens is 2. The average Bonchev–Trinajstić information content (AvgIpc) is 2.68. The molecule has 5 heteroatoms. The largest absolute Gasteiger partial charge is 0.497 e. The van der Waals surface area contributed by atoms with Crippen molar-refractivity contribution in [1.29, 1.82) is 0 Å². The van der Waals surface area contributed by atoms with Crippen LogP contribution in [0.3, 0.4) is 0 Å². The molecule has 0 fully saturated rings. The molecule has 5 nitrogen and oxygen atoms in total. The van der Waals surface area contributed by atoms with Crippen LogP contribution in [0.4, 0.5) is 11.8 Å². The number of anilines is 2. The molecule has 1 aromatic carbocycles. The van der Waals surface area contributed by atoms with Gasteiger partial charge in [-0.2, -0.15) is 4.98 Å². The van der Waals surface area contributed by atoms with Gasteiger partial charge in [-0.1, -0.05) is 23.8 Å². The predicted octanol–water partition coefficient (Wildman–Crippen LogP) is 4.40. The first-order chi connectivity index (χ1) is 12.3. The molecule has 0 saturated heterocycles. The Balaban J connectivity index is 1.47. The van der Waals surface area contributed by atoms with E-state index in [1.807, 2.05) is 30.3 Å². The van der Waals surface area contributed by atoms with E-state index in [1.165, 1.54) is 25.7 Å². The van der Waals surface area contributed by atoms with E-state index in [0.29, 0.717) is 12.5 Å². The van der Waals surface area contributed by atoms with Crippen LogP contribution < -0.4 is 15.4 Å². The molecule has 0 unspecified atom stereocenters. The first-order valence-electron chi connectivity index (χ1n) is 8.95. The Labute approximate surface area is 149 Å². The van der Waals surface area contributed by atoms with Crippen LogP contribution in [0.15, 0.2) is 48.2 Å². The lowest BCUT2D eigenvalue weighted by Gasteiger charge is -2.13. The van der Waals surface area contributed by atoms with E-state index in [2.05, 4.69) is 26.7 Å². The summed E-state index contributed by atoms with van der Waals surface area (Å²) in [5.41, 5.74) is 2.73. The summed E-state index contributed by atoms with van der Waals surface area (Å²) < 4.78 is 5.17. The number of methoxy groups -OCH3 is 1. The lowest BCUT2D eigenvalue weighted by atomic mass is 9.97. The molecule has 25 heavy (non-hydrogen) atoms. The van der Waals surface area contributed by atoms with Crippen LogP contribution in [0.5, 0.6) is 5.75 Å². The number of hydrogen-bond acceptors (Lipinski definition) is 5. The third-order valence-corrected chi connectivity index (χ3v) is 4.40. The van der Waals surface area contributed by atoms with Gasteiger partial charge in [0, 0.05) is 19.3 Å². The lowest BCUT2D eigenvalue weighted by molar-refractivity contribution is 0.414. The predicted molar refractivity (Wildman–Crippen MR) is 102 cm³/mol. The highest BCUT2D eigenvalue weighted by atomic mass is 16.5. The van der Waals surface area contributed by atoms with Crippen LogP contribution in [0.2, 0.25) is 0 Å². The van der Waals surface area contributed by atoms with Gasteiger partial charge in [-0.25, -0.2) is 4.98 Å². The Hall–Kier alpha value is -2.56. The van der Waals surface area contributed by atoms with Gasteiger partial charge in [0.25, 0.3) is 0 Å². The molecule has 1 aliphatic rings. The Kier molecular flexibility index (Phi) is 6.26. The van der Waals surface area contributed by atoms with Crippen LogP contribution in [0.1, 0.15) is 37.7 Å². The van der Waals surface area contributed by atoms with Crippen LogP contribution in [0.25, 0.3) is 0 Å². The summed E-state index contributed by atoms with van der Waals surface area (Å²) >= 11 is 0. The van der Waals surface area contributed by atoms with Gasteiger partial charge >= 0.3 is 0 Å². The highest BCUT2D eigenvalue weighted by Gasteiger charge is 2.04. The van der Waals surface area contributed by atoms with Crippen molar-refractivity contribution in [2.75, 3.05) is 24.3 Å². The van der Waals surface area contributed by atoms with Crippen LogP contribution in [-0.2, 0) is 6.54 Å². The van der Waals surface area contributed by atoms with E-state index in [-0.39, 0.29) is 0 Å². The van der Waals surface area contributed by atoms with Crippen molar-refractivity contribution >= 4 is 11.8 Å². The maximum absolute atomic E-state index is 5.17. The van der Waals surface area contributed by atoms with E-state index in [0.717, 1.165) is 30.1 Å². The zero-order valence-corrected chi connectivity index (χ0v) is 14.8. The molecule has 2 aromatic rings. The SMILES string of the molecule is COc1ccc(CNc2nccc(NCCC3=CCCCC3)n2)cc1. The normalized spacial score (nSPS) is 13.9. The quantitative estimate of drug-likeness (QED) is 0.699. The van der Waals surface area contributed by atoms with Crippen molar-refractivity contribution < 1.29 is 4.74 Å². The standard InChI is InChI=1S/C20H26N4O/c1-25-18-9-7-17(8-10-18)15-23-20-22-14-12-19(24-20)21-13-11-16-5-3-2-4-6-16/h5,7-10,12,14H,2-4,6,11,13,15H2,1H3,(H2,21,22,23,24). The Morgan fingerprint density at radius 3 is 2.72 bits per heavy atom. The zero-order chi connectivity index (χ0) is 17.3. The van der Waals surface area contributed by atoms with Gasteiger partial charge in [0.1, 0.15) is 11.6 Å². The molecule has 132 valence electrons. The van der Waals surface area contributed by atoms with E-state index in [4.69, 9.17) is 4.74 Å². The van der Waals surface area contributed by atoms with Gasteiger partial charge in [-0.3, -0.25) is 0 Å². The summed E-state index contributed by atoms with van der Waals surface area (Å²) in [6, 6.07) is 9.89. The van der Waals surface area contributed by atoms with E-state index in [9.17, 15) is 0 Å². The number of ether oxygens (including phenoxy) is 1. The van der Waals surface area contributed by atoms with Crippen molar-refractivity contribution in [3.63, 3.8) is 0 Å². The van der Waals surface area contributed by atoms with Crippen LogP contribution >= 0.6 is 0 Å². The molecule has 1 heterocycles. The smallest absolute Gasteiger partial charge is 0.224 e. The van der Waals surface area contributed by atoms with Crippen molar-refractivity contribution in [2.45, 2.75) is 38.6 Å². The third-order valence-electron chi connectivity index (χ3n) is 4.40. The minimum atomic E-state index is 0.637. The fourth-order valence-corrected chi connectivity index (χ4v) is 2.95. The van der Waals surface area contributed by atoms with Crippen molar-refractivity contribution in [3.05, 3.63) is 53.7 Å². The number of nitrogens with one attached hydrogen (secondary N) is 2. The topological polar surface area (TPSA) is 59.1 Å². The number of hydrogen-bond donors (Lipinski definition) is 2. The molecule has 0 amide bonds. The Morgan fingerprint density at radius 2 is 1.96 bits per heavy atom. The number of allylic oxidation sites excluding steroid dienone is 1. The minimum Gasteiger partial charge on any atom is -0.497 e. The highest BCUT2D eigenvalue weighted by Crippen LogP contribution is 2.20. The molecule has 1 aromatic heterocycles. The molecule has 0 aliphatic heterocycles. The highest BCUT2D eigenvalue weighted by molar-refractivity contribution is 5.40. The second-order valence-corrected chi connectivity index (χ2v) is 6.25. The second kappa shape index (κ2) is 9.06. The molecule has 0 spiro atoms. The maximum atomic E-state index is 5.17. The first-order valence-corrected chi connectivity index (χ1v) is 8.95. The lowest BCUT2D eigenvalue weighted by Crippen LogP contribution is -2.08. The zero-order valence-electron chi connectivity index (χ0n) is 14.8. The van der Waals surface area contributed by atoms with E-state index < -0.39 is 0 Å². The fraction of sp³-hybridized carbons (Fsp3) is 0.400. The van der Waals surface area contributed by atoms with Crippen LogP contribution in [0, 0.1) is 0 Å². The summed E-state index contributed by atoms with van der Waals surface area (Å²) in [5, 5.41) is 6.66. The minimum absolute atomic E-state index is 0.637. The molecule has 2 N–H and O–H groups in total. The third kappa shape index (κ3) is 5.48. The molecule has 0 radical (unpaired) electrons. The summed E-state index contributed by atoms with van der Waals surface area (Å²) in [6.07, 6.45) is 10.4. The molecule has 0 atom stereocenters. The first kappa shape index (κ1) is 17.3. The number of nitrogens with zero attached hydrogens (tertiary/aromatic N) is 2. The second-order valence-electron chi connectivity index (χ2n) is 6.25. The molecule has 0 saturated carbocycles.